The zero-order valence-electron chi connectivity index (χ0n) is 9.41. The van der Waals surface area contributed by atoms with Crippen LogP contribution < -0.4 is 0 Å². The predicted molar refractivity (Wildman–Crippen MR) is 62.9 cm³/mol. The van der Waals surface area contributed by atoms with Crippen LogP contribution in [0.1, 0.15) is 11.5 Å². The summed E-state index contributed by atoms with van der Waals surface area (Å²) in [6.07, 6.45) is 3.60. The minimum atomic E-state index is 0.224. The third-order valence-electron chi connectivity index (χ3n) is 2.51. The summed E-state index contributed by atoms with van der Waals surface area (Å²) in [5.74, 6) is 1.22. The van der Waals surface area contributed by atoms with E-state index in [2.05, 4.69) is 10.1 Å². The summed E-state index contributed by atoms with van der Waals surface area (Å²) >= 11 is 0. The van der Waals surface area contributed by atoms with Crippen molar-refractivity contribution in [3.8, 4) is 17.1 Å². The van der Waals surface area contributed by atoms with E-state index in [4.69, 9.17) is 8.94 Å². The zero-order chi connectivity index (χ0) is 12.4. The molecule has 3 aromatic rings. The SMILES string of the molecule is Oc1cccc(Cc2nc(-c3ccoc3)no2)c1. The fourth-order valence-electron chi connectivity index (χ4n) is 1.68. The smallest absolute Gasteiger partial charge is 0.231 e. The number of phenolic OH excluding ortho intramolecular Hbond substituents is 1. The molecule has 3 rings (SSSR count). The van der Waals surface area contributed by atoms with E-state index in [-0.39, 0.29) is 5.75 Å². The van der Waals surface area contributed by atoms with E-state index in [1.54, 1.807) is 36.8 Å². The molecule has 0 aliphatic heterocycles. The van der Waals surface area contributed by atoms with Crippen LogP contribution >= 0.6 is 0 Å². The number of hydrogen-bond acceptors (Lipinski definition) is 5. The molecule has 0 unspecified atom stereocenters. The minimum Gasteiger partial charge on any atom is -0.508 e. The van der Waals surface area contributed by atoms with Crippen LogP contribution in [0.15, 0.2) is 51.8 Å². The van der Waals surface area contributed by atoms with Gasteiger partial charge in [-0.05, 0) is 23.8 Å². The maximum Gasteiger partial charge on any atom is 0.231 e. The van der Waals surface area contributed by atoms with E-state index in [1.165, 1.54) is 0 Å². The number of benzene rings is 1. The number of rotatable bonds is 3. The fourth-order valence-corrected chi connectivity index (χ4v) is 1.68. The van der Waals surface area contributed by atoms with Crippen molar-refractivity contribution in [1.82, 2.24) is 10.1 Å². The molecule has 0 spiro atoms. The van der Waals surface area contributed by atoms with E-state index in [9.17, 15) is 5.11 Å². The second-order valence-corrected chi connectivity index (χ2v) is 3.87. The first-order chi connectivity index (χ1) is 8.81. The molecule has 0 radical (unpaired) electrons. The van der Waals surface area contributed by atoms with E-state index in [1.807, 2.05) is 6.07 Å². The highest BCUT2D eigenvalue weighted by Gasteiger charge is 2.10. The van der Waals surface area contributed by atoms with Gasteiger partial charge in [0.1, 0.15) is 12.0 Å². The highest BCUT2D eigenvalue weighted by molar-refractivity contribution is 5.51. The summed E-state index contributed by atoms with van der Waals surface area (Å²) in [7, 11) is 0. The van der Waals surface area contributed by atoms with E-state index in [0.717, 1.165) is 11.1 Å². The Morgan fingerprint density at radius 1 is 1.22 bits per heavy atom. The molecule has 90 valence electrons. The number of aromatic nitrogens is 2. The number of aromatic hydroxyl groups is 1. The van der Waals surface area contributed by atoms with Crippen LogP contribution in [0.5, 0.6) is 5.75 Å². The Kier molecular flexibility index (Phi) is 2.57. The summed E-state index contributed by atoms with van der Waals surface area (Å²) in [4.78, 5) is 4.26. The molecule has 1 aromatic carbocycles. The Morgan fingerprint density at radius 3 is 2.94 bits per heavy atom. The van der Waals surface area contributed by atoms with Crippen LogP contribution in [-0.4, -0.2) is 15.2 Å². The highest BCUT2D eigenvalue weighted by Crippen LogP contribution is 2.18. The number of hydrogen-bond donors (Lipinski definition) is 1. The third kappa shape index (κ3) is 2.10. The Bertz CT molecular complexity index is 644. The summed E-state index contributed by atoms with van der Waals surface area (Å²) in [6.45, 7) is 0. The van der Waals surface area contributed by atoms with Gasteiger partial charge in [0.2, 0.25) is 11.7 Å². The molecule has 0 atom stereocenters. The molecule has 0 fully saturated rings. The van der Waals surface area contributed by atoms with Crippen molar-refractivity contribution in [2.75, 3.05) is 0 Å². The Hall–Kier alpha value is -2.56. The largest absolute Gasteiger partial charge is 0.508 e. The van der Waals surface area contributed by atoms with Crippen molar-refractivity contribution >= 4 is 0 Å². The predicted octanol–water partition coefficient (Wildman–Crippen LogP) is 2.63. The molecule has 1 N–H and O–H groups in total. The average Bonchev–Trinajstić information content (AvgIpc) is 2.98. The van der Waals surface area contributed by atoms with E-state index >= 15 is 0 Å². The molecule has 2 heterocycles. The highest BCUT2D eigenvalue weighted by atomic mass is 16.5. The monoisotopic (exact) mass is 242 g/mol. The molecule has 5 heteroatoms. The fraction of sp³-hybridized carbons (Fsp3) is 0.0769. The van der Waals surface area contributed by atoms with Crippen LogP contribution in [-0.2, 0) is 6.42 Å². The van der Waals surface area contributed by atoms with Gasteiger partial charge in [-0.15, -0.1) is 0 Å². The Balaban J connectivity index is 1.82. The number of furan rings is 1. The van der Waals surface area contributed by atoms with Gasteiger partial charge < -0.3 is 14.0 Å². The quantitative estimate of drug-likeness (QED) is 0.764. The number of nitrogens with zero attached hydrogens (tertiary/aromatic N) is 2. The van der Waals surface area contributed by atoms with Gasteiger partial charge in [-0.25, -0.2) is 0 Å². The summed E-state index contributed by atoms with van der Waals surface area (Å²) in [5.41, 5.74) is 1.69. The first-order valence-corrected chi connectivity index (χ1v) is 5.44. The van der Waals surface area contributed by atoms with Crippen molar-refractivity contribution in [3.63, 3.8) is 0 Å². The lowest BCUT2D eigenvalue weighted by Gasteiger charge is -1.96. The number of phenols is 1. The summed E-state index contributed by atoms with van der Waals surface area (Å²) in [6, 6.07) is 8.72. The Morgan fingerprint density at radius 2 is 2.17 bits per heavy atom. The third-order valence-corrected chi connectivity index (χ3v) is 2.51. The molecular formula is C13H10N2O3. The van der Waals surface area contributed by atoms with Crippen molar-refractivity contribution in [1.29, 1.82) is 0 Å². The van der Waals surface area contributed by atoms with Crippen molar-refractivity contribution in [2.45, 2.75) is 6.42 Å². The van der Waals surface area contributed by atoms with Gasteiger partial charge in [0.25, 0.3) is 0 Å². The van der Waals surface area contributed by atoms with Crippen LogP contribution in [0.2, 0.25) is 0 Å². The molecule has 18 heavy (non-hydrogen) atoms. The van der Waals surface area contributed by atoms with Gasteiger partial charge in [0.05, 0.1) is 18.2 Å². The lowest BCUT2D eigenvalue weighted by Crippen LogP contribution is -1.87. The van der Waals surface area contributed by atoms with Crippen LogP contribution in [0.25, 0.3) is 11.4 Å². The lowest BCUT2D eigenvalue weighted by molar-refractivity contribution is 0.385. The van der Waals surface area contributed by atoms with Gasteiger partial charge in [-0.3, -0.25) is 0 Å². The van der Waals surface area contributed by atoms with Gasteiger partial charge in [0.15, 0.2) is 0 Å². The van der Waals surface area contributed by atoms with Crippen molar-refractivity contribution in [2.24, 2.45) is 0 Å². The van der Waals surface area contributed by atoms with E-state index in [0.29, 0.717) is 18.1 Å². The van der Waals surface area contributed by atoms with Gasteiger partial charge >= 0.3 is 0 Å². The molecule has 0 saturated heterocycles. The molecule has 0 aliphatic carbocycles. The normalized spacial score (nSPS) is 10.7. The second-order valence-electron chi connectivity index (χ2n) is 3.87. The van der Waals surface area contributed by atoms with Crippen LogP contribution in [0.3, 0.4) is 0 Å². The average molecular weight is 242 g/mol. The second kappa shape index (κ2) is 4.37. The molecule has 2 aromatic heterocycles. The van der Waals surface area contributed by atoms with Gasteiger partial charge in [-0.1, -0.05) is 17.3 Å². The molecule has 0 aliphatic rings. The minimum absolute atomic E-state index is 0.224. The van der Waals surface area contributed by atoms with Crippen LogP contribution in [0.4, 0.5) is 0 Å². The molecule has 0 bridgehead atoms. The maximum absolute atomic E-state index is 9.37. The van der Waals surface area contributed by atoms with Crippen LogP contribution in [0, 0.1) is 0 Å². The molecule has 0 saturated carbocycles. The van der Waals surface area contributed by atoms with Crippen molar-refractivity contribution < 1.29 is 14.0 Å². The maximum atomic E-state index is 9.37. The first-order valence-electron chi connectivity index (χ1n) is 5.44. The van der Waals surface area contributed by atoms with E-state index < -0.39 is 0 Å². The standard InChI is InChI=1S/C13H10N2O3/c16-11-3-1-2-9(6-11)7-12-14-13(15-18-12)10-4-5-17-8-10/h1-6,8,16H,7H2. The summed E-state index contributed by atoms with van der Waals surface area (Å²) in [5, 5.41) is 13.2. The van der Waals surface area contributed by atoms with Crippen molar-refractivity contribution in [3.05, 3.63) is 54.3 Å². The van der Waals surface area contributed by atoms with Gasteiger partial charge in [-0.2, -0.15) is 4.98 Å². The lowest BCUT2D eigenvalue weighted by atomic mass is 10.1. The topological polar surface area (TPSA) is 72.3 Å². The zero-order valence-corrected chi connectivity index (χ0v) is 9.41. The molecule has 0 amide bonds. The molecule has 5 nitrogen and oxygen atoms in total. The molecular weight excluding hydrogens is 232 g/mol. The summed E-state index contributed by atoms with van der Waals surface area (Å²) < 4.78 is 10.1. The van der Waals surface area contributed by atoms with Gasteiger partial charge in [0, 0.05) is 0 Å². The first kappa shape index (κ1) is 10.6. The Labute approximate surface area is 103 Å².